The number of nitrogens with zero attached hydrogens (tertiary/aromatic N) is 4. The molecule has 0 bridgehead atoms. The number of para-hydroxylation sites is 1. The molecular weight excluding hydrogens is 739 g/mol. The third kappa shape index (κ3) is 18.8. The summed E-state index contributed by atoms with van der Waals surface area (Å²) in [6.07, 6.45) is 4.08. The largest absolute Gasteiger partial charge is 0.497 e. The van der Waals surface area contributed by atoms with Crippen molar-refractivity contribution in [1.82, 2.24) is 14.8 Å². The van der Waals surface area contributed by atoms with Gasteiger partial charge in [0.1, 0.15) is 23.6 Å². The molecule has 1 aromatic heterocycles. The van der Waals surface area contributed by atoms with Gasteiger partial charge in [0.15, 0.2) is 12.4 Å². The van der Waals surface area contributed by atoms with Crippen molar-refractivity contribution < 1.29 is 24.1 Å². The number of aliphatic hydroxyl groups excluding tert-OH is 1. The molecule has 10 nitrogen and oxygen atoms in total. The van der Waals surface area contributed by atoms with Gasteiger partial charge in [-0.2, -0.15) is 5.10 Å². The van der Waals surface area contributed by atoms with Gasteiger partial charge in [0, 0.05) is 39.0 Å². The topological polar surface area (TPSA) is 111 Å². The van der Waals surface area contributed by atoms with E-state index in [1.807, 2.05) is 99.4 Å². The van der Waals surface area contributed by atoms with Crippen molar-refractivity contribution in [2.24, 2.45) is 0 Å². The molecule has 2 N–H and O–H groups in total. The Morgan fingerprint density at radius 3 is 1.76 bits per heavy atom. The zero-order valence-electron chi connectivity index (χ0n) is 37.0. The lowest BCUT2D eigenvalue weighted by molar-refractivity contribution is -0.118. The first-order chi connectivity index (χ1) is 28.4. The Labute approximate surface area is 352 Å². The zero-order chi connectivity index (χ0) is 43.6. The van der Waals surface area contributed by atoms with Crippen LogP contribution in [0.2, 0.25) is 0 Å². The highest BCUT2D eigenvalue weighted by molar-refractivity contribution is 5.95. The summed E-state index contributed by atoms with van der Waals surface area (Å²) in [6, 6.07) is 38.5. The van der Waals surface area contributed by atoms with Crippen molar-refractivity contribution in [2.45, 2.75) is 67.9 Å². The highest BCUT2D eigenvalue weighted by atomic mass is 16.5. The van der Waals surface area contributed by atoms with Crippen LogP contribution in [-0.2, 0) is 11.3 Å². The predicted octanol–water partition coefficient (Wildman–Crippen LogP) is 10.4. The number of rotatable bonds is 8. The lowest BCUT2D eigenvalue weighted by Crippen LogP contribution is -2.25. The van der Waals surface area contributed by atoms with E-state index in [0.29, 0.717) is 0 Å². The van der Waals surface area contributed by atoms with Crippen LogP contribution in [-0.4, -0.2) is 67.3 Å². The second-order valence-electron chi connectivity index (χ2n) is 13.8. The molecule has 0 aliphatic carbocycles. The number of amides is 1. The van der Waals surface area contributed by atoms with Gasteiger partial charge in [-0.25, -0.2) is 4.98 Å². The van der Waals surface area contributed by atoms with Gasteiger partial charge in [-0.05, 0) is 96.0 Å². The molecule has 2 heterocycles. The third-order valence-corrected chi connectivity index (χ3v) is 8.60. The fraction of sp³-hybridized carbons (Fsp3) is 0.327. The van der Waals surface area contributed by atoms with Crippen molar-refractivity contribution >= 4 is 17.3 Å². The number of carbonyl (C=O) groups is 1. The number of methoxy groups -OCH3 is 1. The van der Waals surface area contributed by atoms with E-state index in [0.717, 1.165) is 66.6 Å². The van der Waals surface area contributed by atoms with Gasteiger partial charge in [-0.15, -0.1) is 0 Å². The van der Waals surface area contributed by atoms with E-state index in [1.54, 1.807) is 13.4 Å². The molecule has 0 saturated carbocycles. The number of nitrogens with one attached hydrogen (secondary N) is 1. The molecular formula is C49H65N5O5. The molecule has 316 valence electrons. The first-order valence-corrected chi connectivity index (χ1v) is 19.9. The van der Waals surface area contributed by atoms with Crippen LogP contribution < -0.4 is 24.4 Å². The van der Waals surface area contributed by atoms with E-state index in [-0.39, 0.29) is 12.5 Å². The quantitative estimate of drug-likeness (QED) is 0.146. The Kier molecular flexibility index (Phi) is 22.8. The molecule has 1 aliphatic heterocycles. The predicted molar refractivity (Wildman–Crippen MR) is 244 cm³/mol. The second kappa shape index (κ2) is 27.5. The number of fused-ring (bicyclic) bond motifs is 1. The summed E-state index contributed by atoms with van der Waals surface area (Å²) in [7, 11) is 6.76. The van der Waals surface area contributed by atoms with Crippen LogP contribution in [0.25, 0.3) is 11.4 Å². The van der Waals surface area contributed by atoms with Gasteiger partial charge in [0.25, 0.3) is 5.91 Å². The molecule has 5 aromatic carbocycles. The summed E-state index contributed by atoms with van der Waals surface area (Å²) >= 11 is 0. The Morgan fingerprint density at radius 2 is 1.27 bits per heavy atom. The second-order valence-corrected chi connectivity index (χ2v) is 13.8. The van der Waals surface area contributed by atoms with Gasteiger partial charge < -0.3 is 29.5 Å². The van der Waals surface area contributed by atoms with Crippen molar-refractivity contribution in [2.75, 3.05) is 51.7 Å². The molecule has 59 heavy (non-hydrogen) atoms. The Balaban J connectivity index is 0.000000253. The van der Waals surface area contributed by atoms with Crippen molar-refractivity contribution in [3.8, 4) is 28.6 Å². The van der Waals surface area contributed by atoms with Crippen LogP contribution in [0, 0.1) is 34.6 Å². The first kappa shape index (κ1) is 49.0. The van der Waals surface area contributed by atoms with E-state index in [4.69, 9.17) is 19.3 Å². The number of aryl methyl sites for hydroxylation is 6. The van der Waals surface area contributed by atoms with E-state index < -0.39 is 0 Å². The van der Waals surface area contributed by atoms with Crippen molar-refractivity contribution in [3.63, 3.8) is 0 Å². The van der Waals surface area contributed by atoms with Gasteiger partial charge in [0.05, 0.1) is 19.4 Å². The zero-order valence-corrected chi connectivity index (χ0v) is 37.0. The molecule has 0 radical (unpaired) electrons. The highest BCUT2D eigenvalue weighted by Gasteiger charge is 2.16. The molecule has 0 spiro atoms. The molecule has 7 rings (SSSR count). The maximum Gasteiger partial charge on any atom is 0.262 e. The lowest BCUT2D eigenvalue weighted by Gasteiger charge is -2.19. The van der Waals surface area contributed by atoms with Gasteiger partial charge in [-0.3, -0.25) is 9.48 Å². The van der Waals surface area contributed by atoms with E-state index in [9.17, 15) is 4.79 Å². The summed E-state index contributed by atoms with van der Waals surface area (Å²) in [5, 5.41) is 14.1. The van der Waals surface area contributed by atoms with Crippen molar-refractivity contribution in [3.05, 3.63) is 149 Å². The molecule has 1 amide bonds. The number of hydrogen-bond acceptors (Lipinski definition) is 8. The number of benzene rings is 5. The van der Waals surface area contributed by atoms with Crippen molar-refractivity contribution in [1.29, 1.82) is 0 Å². The summed E-state index contributed by atoms with van der Waals surface area (Å²) in [4.78, 5) is 17.2. The fourth-order valence-electron chi connectivity index (χ4n) is 5.03. The summed E-state index contributed by atoms with van der Waals surface area (Å²) in [5.41, 5.74) is 9.25. The fourth-order valence-corrected chi connectivity index (χ4v) is 5.03. The SMILES string of the molecule is CCCCOc1ccc(C)cc1.CCn1cnc(-c2ccc(C)cc2)n1.CO.COc1ccc(C)cc1.Cc1ccc(N(C)C)cc1.Cc1cccc2c1OCC(=O)N2. The molecule has 1 aliphatic rings. The molecule has 10 heteroatoms. The Bertz CT molecular complexity index is 2030. The van der Waals surface area contributed by atoms with E-state index in [2.05, 4.69) is 103 Å². The van der Waals surface area contributed by atoms with Crippen LogP contribution in [0.1, 0.15) is 54.5 Å². The smallest absolute Gasteiger partial charge is 0.262 e. The third-order valence-electron chi connectivity index (χ3n) is 8.60. The lowest BCUT2D eigenvalue weighted by atomic mass is 10.1. The number of aliphatic hydroxyl groups is 1. The number of carbonyl (C=O) groups excluding carboxylic acids is 1. The van der Waals surface area contributed by atoms with E-state index >= 15 is 0 Å². The number of anilines is 2. The van der Waals surface area contributed by atoms with Crippen LogP contribution in [0.4, 0.5) is 11.4 Å². The number of hydrogen-bond donors (Lipinski definition) is 2. The molecule has 6 aromatic rings. The van der Waals surface area contributed by atoms with Crippen LogP contribution in [0.5, 0.6) is 17.2 Å². The average molecular weight is 804 g/mol. The number of aromatic nitrogens is 3. The molecule has 0 saturated heterocycles. The standard InChI is InChI=1S/C11H13N3.C11H16O.C9H9NO2.C9H13N.C8H10O.CH4O/c1-3-14-8-12-11(13-14)10-6-4-9(2)5-7-10;1-3-4-9-12-11-7-5-10(2)6-8-11;1-6-3-2-4-7-9(6)12-5-8(11)10-7;1-8-4-6-9(7-5-8)10(2)3;1-7-3-5-8(9-2)6-4-7;1-2/h4-8H,3H2,1-2H3;5-8H,3-4,9H2,1-2H3;2-4H,5H2,1H3,(H,10,11);4-7H,1-3H3;3-6H,1-2H3;2H,1H3. The number of ether oxygens (including phenoxy) is 3. The van der Waals surface area contributed by atoms with Gasteiger partial charge >= 0.3 is 0 Å². The van der Waals surface area contributed by atoms with Crippen LogP contribution >= 0.6 is 0 Å². The van der Waals surface area contributed by atoms with E-state index in [1.165, 1.54) is 34.4 Å². The first-order valence-electron chi connectivity index (χ1n) is 19.9. The molecule has 0 unspecified atom stereocenters. The minimum absolute atomic E-state index is 0.0897. The summed E-state index contributed by atoms with van der Waals surface area (Å²) in [5.74, 6) is 3.40. The average Bonchev–Trinajstić information content (AvgIpc) is 3.74. The molecule has 0 fully saturated rings. The minimum atomic E-state index is -0.0897. The maximum atomic E-state index is 10.9. The Hall–Kier alpha value is -6.13. The van der Waals surface area contributed by atoms with Crippen LogP contribution in [0.15, 0.2) is 122 Å². The summed E-state index contributed by atoms with van der Waals surface area (Å²) in [6.45, 7) is 16.3. The maximum absolute atomic E-state index is 10.9. The monoisotopic (exact) mass is 803 g/mol. The highest BCUT2D eigenvalue weighted by Crippen LogP contribution is 2.30. The van der Waals surface area contributed by atoms with Crippen LogP contribution in [0.3, 0.4) is 0 Å². The normalized spacial score (nSPS) is 10.5. The number of unbranched alkanes of at least 4 members (excludes halogenated alkanes) is 1. The van der Waals surface area contributed by atoms with Gasteiger partial charge in [-0.1, -0.05) is 108 Å². The molecule has 0 atom stereocenters. The Morgan fingerprint density at radius 1 is 0.746 bits per heavy atom. The minimum Gasteiger partial charge on any atom is -0.497 e. The summed E-state index contributed by atoms with van der Waals surface area (Å²) < 4.78 is 17.6. The van der Waals surface area contributed by atoms with Gasteiger partial charge in [0.2, 0.25) is 0 Å².